The van der Waals surface area contributed by atoms with E-state index in [1.165, 1.54) is 37.0 Å². The predicted molar refractivity (Wildman–Crippen MR) is 82.5 cm³/mol. The maximum absolute atomic E-state index is 6.19. The van der Waals surface area contributed by atoms with Gasteiger partial charge in [0.1, 0.15) is 5.82 Å². The Kier molecular flexibility index (Phi) is 2.83. The maximum Gasteiger partial charge on any atom is 0.117 e. The Labute approximate surface area is 124 Å². The van der Waals surface area contributed by atoms with Gasteiger partial charge in [0, 0.05) is 23.0 Å². The summed E-state index contributed by atoms with van der Waals surface area (Å²) in [5.74, 6) is 1.25. The van der Waals surface area contributed by atoms with Gasteiger partial charge in [0.05, 0.1) is 11.0 Å². The molecule has 4 rings (SSSR count). The van der Waals surface area contributed by atoms with E-state index in [4.69, 9.17) is 16.6 Å². The van der Waals surface area contributed by atoms with Crippen molar-refractivity contribution in [2.24, 2.45) is 0 Å². The summed E-state index contributed by atoms with van der Waals surface area (Å²) in [4.78, 5) is 4.97. The van der Waals surface area contributed by atoms with Crippen LogP contribution in [0.5, 0.6) is 0 Å². The van der Waals surface area contributed by atoms with E-state index >= 15 is 0 Å². The molecule has 106 valence electrons. The zero-order valence-electron chi connectivity index (χ0n) is 11.8. The van der Waals surface area contributed by atoms with Gasteiger partial charge in [0.2, 0.25) is 0 Å². The molecule has 3 nitrogen and oxygen atoms in total. The minimum Gasteiger partial charge on any atom is -0.324 e. The lowest BCUT2D eigenvalue weighted by molar-refractivity contribution is 0.314. The third-order valence-corrected chi connectivity index (χ3v) is 4.94. The number of rotatable bonds is 2. The molecule has 2 fully saturated rings. The lowest BCUT2D eigenvalue weighted by Crippen LogP contribution is -2.42. The minimum absolute atomic E-state index is 0.145. The Bertz CT molecular complexity index is 651. The monoisotopic (exact) mass is 289 g/mol. The largest absolute Gasteiger partial charge is 0.324 e. The number of hydrogen-bond donors (Lipinski definition) is 1. The molecule has 1 aliphatic heterocycles. The van der Waals surface area contributed by atoms with Gasteiger partial charge >= 0.3 is 0 Å². The first kappa shape index (κ1) is 12.7. The van der Waals surface area contributed by atoms with Gasteiger partial charge in [-0.1, -0.05) is 18.5 Å². The summed E-state index contributed by atoms with van der Waals surface area (Å²) >= 11 is 6.19. The Hall–Kier alpha value is -1.06. The van der Waals surface area contributed by atoms with Crippen LogP contribution in [-0.4, -0.2) is 22.6 Å². The first-order valence-electron chi connectivity index (χ1n) is 7.56. The summed E-state index contributed by atoms with van der Waals surface area (Å²) in [6.07, 6.45) is 4.98. The average Bonchev–Trinajstić information content (AvgIpc) is 3.20. The number of imidazole rings is 1. The van der Waals surface area contributed by atoms with E-state index in [0.717, 1.165) is 23.6 Å². The van der Waals surface area contributed by atoms with Crippen molar-refractivity contribution in [1.29, 1.82) is 0 Å². The van der Waals surface area contributed by atoms with Crippen molar-refractivity contribution < 1.29 is 0 Å². The van der Waals surface area contributed by atoms with Gasteiger partial charge in [-0.3, -0.25) is 0 Å². The van der Waals surface area contributed by atoms with E-state index in [-0.39, 0.29) is 5.41 Å². The fourth-order valence-electron chi connectivity index (χ4n) is 3.44. The number of fused-ring (bicyclic) bond motifs is 1. The predicted octanol–water partition coefficient (Wildman–Crippen LogP) is 3.67. The van der Waals surface area contributed by atoms with Crippen LogP contribution in [0.25, 0.3) is 11.0 Å². The molecule has 1 N–H and O–H groups in total. The van der Waals surface area contributed by atoms with E-state index in [2.05, 4.69) is 28.9 Å². The highest BCUT2D eigenvalue weighted by molar-refractivity contribution is 6.31. The molecule has 0 radical (unpaired) electrons. The van der Waals surface area contributed by atoms with E-state index in [1.54, 1.807) is 0 Å². The molecule has 0 spiro atoms. The SMILES string of the molecule is CC1(c2nc3ccc(Cl)cc3n2C2CC2)CCCNC1. The molecule has 2 aliphatic rings. The molecule has 20 heavy (non-hydrogen) atoms. The molecule has 1 aromatic heterocycles. The normalized spacial score (nSPS) is 27.1. The fourth-order valence-corrected chi connectivity index (χ4v) is 3.61. The Morgan fingerprint density at radius 1 is 1.40 bits per heavy atom. The Morgan fingerprint density at radius 2 is 2.25 bits per heavy atom. The van der Waals surface area contributed by atoms with Crippen molar-refractivity contribution in [2.45, 2.75) is 44.1 Å². The lowest BCUT2D eigenvalue weighted by Gasteiger charge is -2.34. The van der Waals surface area contributed by atoms with Gasteiger partial charge in [-0.25, -0.2) is 4.98 Å². The van der Waals surface area contributed by atoms with Crippen molar-refractivity contribution in [3.63, 3.8) is 0 Å². The van der Waals surface area contributed by atoms with Crippen LogP contribution in [0, 0.1) is 0 Å². The van der Waals surface area contributed by atoms with Crippen molar-refractivity contribution in [2.75, 3.05) is 13.1 Å². The van der Waals surface area contributed by atoms with E-state index in [1.807, 2.05) is 6.07 Å². The second-order valence-electron chi connectivity index (χ2n) is 6.51. The third-order valence-electron chi connectivity index (χ3n) is 4.70. The Balaban J connectivity index is 1.91. The summed E-state index contributed by atoms with van der Waals surface area (Å²) in [5.41, 5.74) is 2.44. The molecule has 1 unspecified atom stereocenters. The van der Waals surface area contributed by atoms with E-state index in [9.17, 15) is 0 Å². The lowest BCUT2D eigenvalue weighted by atomic mass is 9.82. The third kappa shape index (κ3) is 1.95. The van der Waals surface area contributed by atoms with Crippen LogP contribution in [-0.2, 0) is 5.41 Å². The molecule has 2 aromatic rings. The van der Waals surface area contributed by atoms with Crippen molar-refractivity contribution in [1.82, 2.24) is 14.9 Å². The zero-order chi connectivity index (χ0) is 13.7. The number of benzene rings is 1. The van der Waals surface area contributed by atoms with Crippen molar-refractivity contribution in [3.8, 4) is 0 Å². The highest BCUT2D eigenvalue weighted by Gasteiger charge is 2.38. The number of nitrogens with zero attached hydrogens (tertiary/aromatic N) is 2. The van der Waals surface area contributed by atoms with E-state index in [0.29, 0.717) is 6.04 Å². The first-order valence-corrected chi connectivity index (χ1v) is 7.94. The van der Waals surface area contributed by atoms with Gasteiger partial charge in [-0.2, -0.15) is 0 Å². The highest BCUT2D eigenvalue weighted by Crippen LogP contribution is 2.43. The Morgan fingerprint density at radius 3 is 2.95 bits per heavy atom. The average molecular weight is 290 g/mol. The van der Waals surface area contributed by atoms with Gasteiger partial charge in [-0.05, 0) is 50.4 Å². The maximum atomic E-state index is 6.19. The standard InChI is InChI=1S/C16H20ClN3/c1-16(7-2-8-18-10-16)15-19-13-6-3-11(17)9-14(13)20(15)12-4-5-12/h3,6,9,12,18H,2,4-5,7-8,10H2,1H3. The van der Waals surface area contributed by atoms with Crippen LogP contribution in [0.3, 0.4) is 0 Å². The van der Waals surface area contributed by atoms with Gasteiger partial charge in [-0.15, -0.1) is 0 Å². The molecule has 4 heteroatoms. The smallest absolute Gasteiger partial charge is 0.117 e. The van der Waals surface area contributed by atoms with Crippen molar-refractivity contribution in [3.05, 3.63) is 29.0 Å². The number of halogens is 1. The summed E-state index contributed by atoms with van der Waals surface area (Å²) in [6.45, 7) is 4.50. The highest BCUT2D eigenvalue weighted by atomic mass is 35.5. The molecule has 1 saturated heterocycles. The summed E-state index contributed by atoms with van der Waals surface area (Å²) in [5, 5.41) is 4.34. The molecular weight excluding hydrogens is 270 g/mol. The molecule has 0 amide bonds. The van der Waals surface area contributed by atoms with Crippen LogP contribution < -0.4 is 5.32 Å². The second kappa shape index (κ2) is 4.47. The number of piperidine rings is 1. The van der Waals surface area contributed by atoms with Crippen LogP contribution in [0.15, 0.2) is 18.2 Å². The topological polar surface area (TPSA) is 29.9 Å². The summed E-state index contributed by atoms with van der Waals surface area (Å²) < 4.78 is 2.47. The van der Waals surface area contributed by atoms with Crippen LogP contribution in [0.2, 0.25) is 5.02 Å². The van der Waals surface area contributed by atoms with Crippen molar-refractivity contribution >= 4 is 22.6 Å². The molecular formula is C16H20ClN3. The van der Waals surface area contributed by atoms with Crippen LogP contribution in [0.4, 0.5) is 0 Å². The van der Waals surface area contributed by atoms with Gasteiger partial charge in [0.25, 0.3) is 0 Å². The van der Waals surface area contributed by atoms with Gasteiger partial charge < -0.3 is 9.88 Å². The number of nitrogens with one attached hydrogen (secondary N) is 1. The molecule has 1 atom stereocenters. The van der Waals surface area contributed by atoms with Crippen LogP contribution in [0.1, 0.15) is 44.5 Å². The minimum atomic E-state index is 0.145. The molecule has 0 bridgehead atoms. The zero-order valence-corrected chi connectivity index (χ0v) is 12.6. The molecule has 1 aliphatic carbocycles. The second-order valence-corrected chi connectivity index (χ2v) is 6.95. The van der Waals surface area contributed by atoms with E-state index < -0.39 is 0 Å². The molecule has 1 aromatic carbocycles. The molecule has 1 saturated carbocycles. The van der Waals surface area contributed by atoms with Gasteiger partial charge in [0.15, 0.2) is 0 Å². The summed E-state index contributed by atoms with van der Waals surface area (Å²) in [7, 11) is 0. The quantitative estimate of drug-likeness (QED) is 0.914. The van der Waals surface area contributed by atoms with Crippen LogP contribution >= 0.6 is 11.6 Å². The fraction of sp³-hybridized carbons (Fsp3) is 0.562. The first-order chi connectivity index (χ1) is 9.67. The molecule has 2 heterocycles. The number of hydrogen-bond acceptors (Lipinski definition) is 2. The summed E-state index contributed by atoms with van der Waals surface area (Å²) in [6, 6.07) is 6.71. The number of aromatic nitrogens is 2.